The minimum atomic E-state index is -3.52. The normalized spacial score (nSPS) is 21.5. The Balaban J connectivity index is 2.43. The first-order valence-corrected chi connectivity index (χ1v) is 8.28. The van der Waals surface area contributed by atoms with Gasteiger partial charge >= 0.3 is 0 Å². The first-order valence-electron chi connectivity index (χ1n) is 6.05. The lowest BCUT2D eigenvalue weighted by Crippen LogP contribution is -2.47. The van der Waals surface area contributed by atoms with Crippen molar-refractivity contribution in [3.8, 4) is 0 Å². The van der Waals surface area contributed by atoms with E-state index in [0.29, 0.717) is 30.8 Å². The first kappa shape index (κ1) is 14.9. The molecule has 2 rings (SSSR count). The van der Waals surface area contributed by atoms with Gasteiger partial charge in [-0.25, -0.2) is 8.42 Å². The first-order chi connectivity index (χ1) is 8.96. The molecule has 0 saturated carbocycles. The van der Waals surface area contributed by atoms with E-state index in [4.69, 9.17) is 10.5 Å². The van der Waals surface area contributed by atoms with Gasteiger partial charge in [0, 0.05) is 23.6 Å². The average Bonchev–Trinajstić information content (AvgIpc) is 2.39. The van der Waals surface area contributed by atoms with Crippen LogP contribution in [-0.4, -0.2) is 38.5 Å². The van der Waals surface area contributed by atoms with Crippen LogP contribution in [0.25, 0.3) is 0 Å². The van der Waals surface area contributed by atoms with E-state index >= 15 is 0 Å². The number of morpholine rings is 1. The van der Waals surface area contributed by atoms with Gasteiger partial charge in [-0.3, -0.25) is 0 Å². The van der Waals surface area contributed by atoms with E-state index in [2.05, 4.69) is 15.9 Å². The molecule has 5 nitrogen and oxygen atoms in total. The van der Waals surface area contributed by atoms with Crippen LogP contribution in [0.5, 0.6) is 0 Å². The molecule has 1 atom stereocenters. The maximum Gasteiger partial charge on any atom is 0.244 e. The van der Waals surface area contributed by atoms with Crippen molar-refractivity contribution in [2.75, 3.05) is 19.8 Å². The molecule has 0 aromatic heterocycles. The van der Waals surface area contributed by atoms with Gasteiger partial charge < -0.3 is 10.5 Å². The molecule has 7 heteroatoms. The zero-order valence-corrected chi connectivity index (χ0v) is 13.1. The highest BCUT2D eigenvalue weighted by Crippen LogP contribution is 2.28. The highest BCUT2D eigenvalue weighted by Gasteiger charge is 2.32. The third-order valence-electron chi connectivity index (χ3n) is 3.12. The Morgan fingerprint density at radius 1 is 1.53 bits per heavy atom. The van der Waals surface area contributed by atoms with Crippen molar-refractivity contribution < 1.29 is 13.2 Å². The second kappa shape index (κ2) is 5.88. The molecule has 1 saturated heterocycles. The molecular formula is C12H17BrN2O3S. The second-order valence-corrected chi connectivity index (χ2v) is 7.22. The van der Waals surface area contributed by atoms with E-state index in [0.717, 1.165) is 5.56 Å². The zero-order valence-electron chi connectivity index (χ0n) is 10.7. The van der Waals surface area contributed by atoms with E-state index in [1.165, 1.54) is 4.31 Å². The van der Waals surface area contributed by atoms with Gasteiger partial charge in [0.25, 0.3) is 0 Å². The topological polar surface area (TPSA) is 72.6 Å². The molecule has 19 heavy (non-hydrogen) atoms. The zero-order chi connectivity index (χ0) is 14.0. The molecule has 1 aliphatic heterocycles. The molecule has 0 amide bonds. The molecule has 1 fully saturated rings. The molecular weight excluding hydrogens is 332 g/mol. The summed E-state index contributed by atoms with van der Waals surface area (Å²) < 4.78 is 32.7. The number of nitrogens with two attached hydrogens (primary N) is 1. The number of rotatable bonds is 3. The Morgan fingerprint density at radius 3 is 2.89 bits per heavy atom. The summed E-state index contributed by atoms with van der Waals surface area (Å²) in [4.78, 5) is 0.268. The van der Waals surface area contributed by atoms with Gasteiger partial charge in [-0.05, 0) is 40.5 Å². The van der Waals surface area contributed by atoms with E-state index < -0.39 is 10.0 Å². The number of ether oxygens (including phenoxy) is 1. The minimum Gasteiger partial charge on any atom is -0.378 e. The van der Waals surface area contributed by atoms with Crippen LogP contribution >= 0.6 is 15.9 Å². The SMILES string of the molecule is CC1COCCN1S(=O)(=O)c1cc(CN)ccc1Br. The molecule has 0 bridgehead atoms. The van der Waals surface area contributed by atoms with Gasteiger partial charge in [0.05, 0.1) is 18.1 Å². The summed E-state index contributed by atoms with van der Waals surface area (Å²) in [6.45, 7) is 3.39. The van der Waals surface area contributed by atoms with Crippen molar-refractivity contribution in [1.82, 2.24) is 4.31 Å². The number of sulfonamides is 1. The smallest absolute Gasteiger partial charge is 0.244 e. The predicted octanol–water partition coefficient (Wildman–Crippen LogP) is 1.32. The van der Waals surface area contributed by atoms with Crippen LogP contribution in [0.15, 0.2) is 27.6 Å². The van der Waals surface area contributed by atoms with E-state index in [-0.39, 0.29) is 10.9 Å². The number of hydrogen-bond acceptors (Lipinski definition) is 4. The third-order valence-corrected chi connectivity index (χ3v) is 6.13. The van der Waals surface area contributed by atoms with Crippen molar-refractivity contribution in [1.29, 1.82) is 0 Å². The van der Waals surface area contributed by atoms with Crippen molar-refractivity contribution in [2.45, 2.75) is 24.4 Å². The highest BCUT2D eigenvalue weighted by molar-refractivity contribution is 9.10. The molecule has 106 valence electrons. The largest absolute Gasteiger partial charge is 0.378 e. The summed E-state index contributed by atoms with van der Waals surface area (Å²) in [7, 11) is -3.52. The maximum atomic E-state index is 12.7. The van der Waals surface area contributed by atoms with Crippen LogP contribution in [0.2, 0.25) is 0 Å². The number of hydrogen-bond donors (Lipinski definition) is 1. The van der Waals surface area contributed by atoms with Gasteiger partial charge in [-0.2, -0.15) is 4.31 Å². The van der Waals surface area contributed by atoms with Crippen LogP contribution < -0.4 is 5.73 Å². The molecule has 1 aromatic rings. The Labute approximate surface area is 121 Å². The van der Waals surface area contributed by atoms with Gasteiger partial charge in [0.2, 0.25) is 10.0 Å². The van der Waals surface area contributed by atoms with Crippen molar-refractivity contribution >= 4 is 26.0 Å². The van der Waals surface area contributed by atoms with Crippen molar-refractivity contribution in [3.05, 3.63) is 28.2 Å². The molecule has 1 unspecified atom stereocenters. The Morgan fingerprint density at radius 2 is 2.26 bits per heavy atom. The Bertz CT molecular complexity index is 562. The van der Waals surface area contributed by atoms with Gasteiger partial charge in [-0.1, -0.05) is 6.07 Å². The van der Waals surface area contributed by atoms with Crippen LogP contribution in [0.1, 0.15) is 12.5 Å². The summed E-state index contributed by atoms with van der Waals surface area (Å²) in [6.07, 6.45) is 0. The summed E-state index contributed by atoms with van der Waals surface area (Å²) in [5, 5.41) is 0. The van der Waals surface area contributed by atoms with E-state index in [1.807, 2.05) is 13.0 Å². The quantitative estimate of drug-likeness (QED) is 0.893. The lowest BCUT2D eigenvalue weighted by Gasteiger charge is -2.32. The fraction of sp³-hybridized carbons (Fsp3) is 0.500. The average molecular weight is 349 g/mol. The molecule has 1 heterocycles. The highest BCUT2D eigenvalue weighted by atomic mass is 79.9. The van der Waals surface area contributed by atoms with Crippen LogP contribution in [0, 0.1) is 0 Å². The Kier molecular flexibility index (Phi) is 4.62. The maximum absolute atomic E-state index is 12.7. The van der Waals surface area contributed by atoms with Crippen LogP contribution in [0.4, 0.5) is 0 Å². The van der Waals surface area contributed by atoms with Crippen LogP contribution in [-0.2, 0) is 21.3 Å². The van der Waals surface area contributed by atoms with Gasteiger partial charge in [-0.15, -0.1) is 0 Å². The predicted molar refractivity (Wildman–Crippen MR) is 76.2 cm³/mol. The van der Waals surface area contributed by atoms with Crippen molar-refractivity contribution in [3.63, 3.8) is 0 Å². The number of nitrogens with zero attached hydrogens (tertiary/aromatic N) is 1. The van der Waals surface area contributed by atoms with Gasteiger partial charge in [0.15, 0.2) is 0 Å². The monoisotopic (exact) mass is 348 g/mol. The Hall–Kier alpha value is -0.470. The lowest BCUT2D eigenvalue weighted by molar-refractivity contribution is 0.0392. The number of benzene rings is 1. The molecule has 1 aliphatic rings. The number of halogens is 1. The molecule has 2 N–H and O–H groups in total. The molecule has 0 spiro atoms. The summed E-state index contributed by atoms with van der Waals surface area (Å²) >= 11 is 3.30. The summed E-state index contributed by atoms with van der Waals surface area (Å²) in [5.41, 5.74) is 6.37. The molecule has 1 aromatic carbocycles. The lowest BCUT2D eigenvalue weighted by atomic mass is 10.2. The van der Waals surface area contributed by atoms with E-state index in [9.17, 15) is 8.42 Å². The standard InChI is InChI=1S/C12H17BrN2O3S/c1-9-8-18-5-4-15(9)19(16,17)12-6-10(7-14)2-3-11(12)13/h2-3,6,9H,4-5,7-8,14H2,1H3. The van der Waals surface area contributed by atoms with Crippen LogP contribution in [0.3, 0.4) is 0 Å². The minimum absolute atomic E-state index is 0.160. The van der Waals surface area contributed by atoms with Gasteiger partial charge in [0.1, 0.15) is 0 Å². The van der Waals surface area contributed by atoms with E-state index in [1.54, 1.807) is 12.1 Å². The fourth-order valence-electron chi connectivity index (χ4n) is 2.07. The summed E-state index contributed by atoms with van der Waals surface area (Å²) in [6, 6.07) is 5.00. The summed E-state index contributed by atoms with van der Waals surface area (Å²) in [5.74, 6) is 0. The van der Waals surface area contributed by atoms with Crippen molar-refractivity contribution in [2.24, 2.45) is 5.73 Å². The fourth-order valence-corrected chi connectivity index (χ4v) is 4.65. The molecule has 0 aliphatic carbocycles. The third kappa shape index (κ3) is 3.00. The molecule has 0 radical (unpaired) electrons. The second-order valence-electron chi connectivity index (χ2n) is 4.51.